The molecule has 2 N–H and O–H groups in total. The molecule has 0 saturated carbocycles. The number of piperidine rings is 1. The van der Waals surface area contributed by atoms with Crippen LogP contribution in [-0.2, 0) is 4.79 Å². The lowest BCUT2D eigenvalue weighted by Crippen LogP contribution is -2.44. The van der Waals surface area contributed by atoms with E-state index < -0.39 is 0 Å². The van der Waals surface area contributed by atoms with Crippen molar-refractivity contribution in [3.05, 3.63) is 29.3 Å². The topological polar surface area (TPSA) is 55.6 Å². The van der Waals surface area contributed by atoms with E-state index >= 15 is 0 Å². The van der Waals surface area contributed by atoms with Crippen molar-refractivity contribution in [3.8, 4) is 5.75 Å². The second-order valence-corrected chi connectivity index (χ2v) is 6.13. The van der Waals surface area contributed by atoms with Crippen LogP contribution < -0.4 is 10.5 Å². The first-order valence-corrected chi connectivity index (χ1v) is 7.71. The Morgan fingerprint density at radius 1 is 1.36 bits per heavy atom. The molecule has 1 aliphatic rings. The summed E-state index contributed by atoms with van der Waals surface area (Å²) < 4.78 is 5.69. The van der Waals surface area contributed by atoms with Gasteiger partial charge in [0, 0.05) is 19.1 Å². The van der Waals surface area contributed by atoms with Crippen LogP contribution in [0.1, 0.15) is 30.9 Å². The monoisotopic (exact) mass is 326 g/mol. The number of carbonyl (C=O) groups is 1. The molecule has 1 aromatic carbocycles. The maximum atomic E-state index is 12.2. The molecule has 1 atom stereocenters. The molecule has 0 radical (unpaired) electrons. The number of amides is 1. The molecule has 1 unspecified atom stereocenters. The molecule has 4 nitrogen and oxygen atoms in total. The summed E-state index contributed by atoms with van der Waals surface area (Å²) >= 11 is 0. The number of halogens is 1. The van der Waals surface area contributed by atoms with Crippen LogP contribution in [0, 0.1) is 19.8 Å². The Labute approximate surface area is 139 Å². The summed E-state index contributed by atoms with van der Waals surface area (Å²) in [5.41, 5.74) is 8.12. The van der Waals surface area contributed by atoms with Crippen LogP contribution in [-0.4, -0.2) is 36.5 Å². The van der Waals surface area contributed by atoms with E-state index in [1.807, 2.05) is 43.9 Å². The summed E-state index contributed by atoms with van der Waals surface area (Å²) in [6.07, 6.45) is 1.99. The lowest BCUT2D eigenvalue weighted by Gasteiger charge is -2.33. The number of likely N-dealkylation sites (tertiary alicyclic amines) is 1. The Morgan fingerprint density at radius 2 is 2.00 bits per heavy atom. The number of nitrogens with zero attached hydrogens (tertiary/aromatic N) is 1. The van der Waals surface area contributed by atoms with Gasteiger partial charge in [-0.05, 0) is 56.7 Å². The smallest absolute Gasteiger partial charge is 0.260 e. The standard InChI is InChI=1S/C17H26N2O2.ClH/c1-12-4-5-13(2)16(10-12)21-11-17(20)19-8-6-15(7-9-19)14(3)18;/h4-5,10,14-15H,6-9,11,18H2,1-3H3;1H. The molecule has 0 spiro atoms. The fourth-order valence-electron chi connectivity index (χ4n) is 2.77. The highest BCUT2D eigenvalue weighted by molar-refractivity contribution is 5.85. The van der Waals surface area contributed by atoms with Gasteiger partial charge in [-0.2, -0.15) is 0 Å². The largest absolute Gasteiger partial charge is 0.483 e. The van der Waals surface area contributed by atoms with Crippen LogP contribution in [0.2, 0.25) is 0 Å². The normalized spacial score (nSPS) is 16.8. The zero-order valence-corrected chi connectivity index (χ0v) is 14.5. The van der Waals surface area contributed by atoms with Crippen LogP contribution >= 0.6 is 12.4 Å². The predicted molar refractivity (Wildman–Crippen MR) is 91.6 cm³/mol. The third-order valence-electron chi connectivity index (χ3n) is 4.33. The third kappa shape index (κ3) is 4.89. The number of hydrogen-bond acceptors (Lipinski definition) is 3. The van der Waals surface area contributed by atoms with Crippen LogP contribution in [0.5, 0.6) is 5.75 Å². The molecule has 1 amide bonds. The minimum Gasteiger partial charge on any atom is -0.483 e. The number of rotatable bonds is 4. The number of aryl methyl sites for hydroxylation is 2. The number of benzene rings is 1. The number of carbonyl (C=O) groups excluding carboxylic acids is 1. The van der Waals surface area contributed by atoms with Gasteiger partial charge in [0.2, 0.25) is 0 Å². The molecule has 1 saturated heterocycles. The van der Waals surface area contributed by atoms with Crippen molar-refractivity contribution in [3.63, 3.8) is 0 Å². The van der Waals surface area contributed by atoms with Gasteiger partial charge < -0.3 is 15.4 Å². The Morgan fingerprint density at radius 3 is 2.59 bits per heavy atom. The van der Waals surface area contributed by atoms with Gasteiger partial charge in [0.15, 0.2) is 6.61 Å². The van der Waals surface area contributed by atoms with E-state index in [2.05, 4.69) is 0 Å². The molecule has 0 aliphatic carbocycles. The summed E-state index contributed by atoms with van der Waals surface area (Å²) in [6, 6.07) is 6.25. The Balaban J connectivity index is 0.00000242. The minimum atomic E-state index is 0. The number of nitrogens with two attached hydrogens (primary N) is 1. The van der Waals surface area contributed by atoms with Crippen LogP contribution in [0.4, 0.5) is 0 Å². The van der Waals surface area contributed by atoms with Crippen molar-refractivity contribution in [1.29, 1.82) is 0 Å². The molecule has 124 valence electrons. The second kappa shape index (κ2) is 8.39. The first-order valence-electron chi connectivity index (χ1n) is 7.71. The maximum Gasteiger partial charge on any atom is 0.260 e. The Hall–Kier alpha value is -1.26. The van der Waals surface area contributed by atoms with E-state index in [0.717, 1.165) is 42.8 Å². The van der Waals surface area contributed by atoms with Crippen molar-refractivity contribution in [1.82, 2.24) is 4.90 Å². The predicted octanol–water partition coefficient (Wildman–Crippen LogP) is 2.69. The third-order valence-corrected chi connectivity index (χ3v) is 4.33. The van der Waals surface area contributed by atoms with Gasteiger partial charge in [0.25, 0.3) is 5.91 Å². The van der Waals surface area contributed by atoms with Crippen molar-refractivity contribution < 1.29 is 9.53 Å². The first kappa shape index (κ1) is 18.8. The van der Waals surface area contributed by atoms with E-state index in [9.17, 15) is 4.79 Å². The summed E-state index contributed by atoms with van der Waals surface area (Å²) in [5.74, 6) is 1.40. The average molecular weight is 327 g/mol. The van der Waals surface area contributed by atoms with Gasteiger partial charge in [0.1, 0.15) is 5.75 Å². The molecule has 22 heavy (non-hydrogen) atoms. The zero-order valence-electron chi connectivity index (χ0n) is 13.7. The van der Waals surface area contributed by atoms with Crippen LogP contribution in [0.15, 0.2) is 18.2 Å². The molecule has 1 aliphatic heterocycles. The molecular weight excluding hydrogens is 300 g/mol. The van der Waals surface area contributed by atoms with E-state index in [4.69, 9.17) is 10.5 Å². The van der Waals surface area contributed by atoms with Gasteiger partial charge in [-0.25, -0.2) is 0 Å². The fourth-order valence-corrected chi connectivity index (χ4v) is 2.77. The highest BCUT2D eigenvalue weighted by Gasteiger charge is 2.24. The summed E-state index contributed by atoms with van der Waals surface area (Å²) in [4.78, 5) is 14.1. The van der Waals surface area contributed by atoms with Gasteiger partial charge in [0.05, 0.1) is 0 Å². The molecule has 5 heteroatoms. The first-order chi connectivity index (χ1) is 9.97. The highest BCUT2D eigenvalue weighted by atomic mass is 35.5. The fraction of sp³-hybridized carbons (Fsp3) is 0.588. The van der Waals surface area contributed by atoms with E-state index in [0.29, 0.717) is 5.92 Å². The molecular formula is C17H27ClN2O2. The van der Waals surface area contributed by atoms with Gasteiger partial charge >= 0.3 is 0 Å². The van der Waals surface area contributed by atoms with Crippen LogP contribution in [0.25, 0.3) is 0 Å². The van der Waals surface area contributed by atoms with Crippen molar-refractivity contribution in [2.45, 2.75) is 39.7 Å². The quantitative estimate of drug-likeness (QED) is 0.925. The van der Waals surface area contributed by atoms with Crippen LogP contribution in [0.3, 0.4) is 0 Å². The van der Waals surface area contributed by atoms with Gasteiger partial charge in [-0.15, -0.1) is 12.4 Å². The maximum absolute atomic E-state index is 12.2. The van der Waals surface area contributed by atoms with Gasteiger partial charge in [-0.3, -0.25) is 4.79 Å². The Bertz CT molecular complexity index is 497. The number of ether oxygens (including phenoxy) is 1. The SMILES string of the molecule is Cc1ccc(C)c(OCC(=O)N2CCC(C(C)N)CC2)c1.Cl. The minimum absolute atomic E-state index is 0. The summed E-state index contributed by atoms with van der Waals surface area (Å²) in [6.45, 7) is 7.77. The molecule has 0 bridgehead atoms. The average Bonchev–Trinajstić information content (AvgIpc) is 2.48. The zero-order chi connectivity index (χ0) is 15.4. The van der Waals surface area contributed by atoms with Crippen molar-refractivity contribution in [2.24, 2.45) is 11.7 Å². The van der Waals surface area contributed by atoms with Crippen molar-refractivity contribution >= 4 is 18.3 Å². The molecule has 1 heterocycles. The second-order valence-electron chi connectivity index (χ2n) is 6.13. The Kier molecular flexibility index (Phi) is 7.17. The highest BCUT2D eigenvalue weighted by Crippen LogP contribution is 2.21. The number of hydrogen-bond donors (Lipinski definition) is 1. The molecule has 1 aromatic rings. The lowest BCUT2D eigenvalue weighted by atomic mass is 9.91. The van der Waals surface area contributed by atoms with E-state index in [-0.39, 0.29) is 31.0 Å². The van der Waals surface area contributed by atoms with Crippen molar-refractivity contribution in [2.75, 3.05) is 19.7 Å². The molecule has 0 aromatic heterocycles. The molecule has 2 rings (SSSR count). The van der Waals surface area contributed by atoms with E-state index in [1.165, 1.54) is 0 Å². The van der Waals surface area contributed by atoms with E-state index in [1.54, 1.807) is 0 Å². The van der Waals surface area contributed by atoms with Gasteiger partial charge in [-0.1, -0.05) is 12.1 Å². The summed E-state index contributed by atoms with van der Waals surface area (Å²) in [5, 5.41) is 0. The summed E-state index contributed by atoms with van der Waals surface area (Å²) in [7, 11) is 0. The lowest BCUT2D eigenvalue weighted by molar-refractivity contribution is -0.134. The molecule has 1 fully saturated rings.